The van der Waals surface area contributed by atoms with Gasteiger partial charge in [0.15, 0.2) is 5.78 Å². The van der Waals surface area contributed by atoms with Crippen LogP contribution in [0.3, 0.4) is 0 Å². The van der Waals surface area contributed by atoms with E-state index in [1.54, 1.807) is 18.2 Å². The number of rotatable bonds is 2. The summed E-state index contributed by atoms with van der Waals surface area (Å²) in [6.07, 6.45) is 0.00109. The molecule has 1 saturated heterocycles. The number of morpholine rings is 1. The second-order valence-corrected chi connectivity index (χ2v) is 7.46. The quantitative estimate of drug-likeness (QED) is 0.814. The highest BCUT2D eigenvalue weighted by Gasteiger charge is 2.37. The van der Waals surface area contributed by atoms with Gasteiger partial charge in [0.1, 0.15) is 0 Å². The van der Waals surface area contributed by atoms with E-state index in [1.807, 2.05) is 56.0 Å². The highest BCUT2D eigenvalue weighted by molar-refractivity contribution is 6.40. The Bertz CT molecular complexity index is 932. The summed E-state index contributed by atoms with van der Waals surface area (Å²) in [5, 5.41) is 0. The number of aryl methyl sites for hydroxylation is 1. The molecule has 0 radical (unpaired) electrons. The average molecular weight is 361 g/mol. The first-order valence-electron chi connectivity index (χ1n) is 9.36. The third kappa shape index (κ3) is 3.10. The maximum absolute atomic E-state index is 13.4. The van der Waals surface area contributed by atoms with Gasteiger partial charge in [-0.1, -0.05) is 54.1 Å². The van der Waals surface area contributed by atoms with E-state index < -0.39 is 0 Å². The lowest BCUT2D eigenvalue weighted by Gasteiger charge is -2.39. The molecule has 138 valence electrons. The van der Waals surface area contributed by atoms with Crippen molar-refractivity contribution in [2.45, 2.75) is 33.0 Å². The second kappa shape index (κ2) is 6.78. The number of benzene rings is 2. The van der Waals surface area contributed by atoms with Crippen molar-refractivity contribution in [2.24, 2.45) is 0 Å². The van der Waals surface area contributed by atoms with Gasteiger partial charge in [-0.25, -0.2) is 0 Å². The van der Waals surface area contributed by atoms with Crippen LogP contribution < -0.4 is 0 Å². The molecule has 2 unspecified atom stereocenters. The Kier molecular flexibility index (Phi) is 4.44. The Labute approximate surface area is 159 Å². The predicted molar refractivity (Wildman–Crippen MR) is 105 cm³/mol. The summed E-state index contributed by atoms with van der Waals surface area (Å²) in [5.41, 5.74) is 3.88. The molecule has 0 bridgehead atoms. The first kappa shape index (κ1) is 17.7. The van der Waals surface area contributed by atoms with Gasteiger partial charge in [0.05, 0.1) is 23.5 Å². The number of carbonyl (C=O) groups is 2. The summed E-state index contributed by atoms with van der Waals surface area (Å²) in [6, 6.07) is 14.9. The molecular formula is C23H23NO3. The Balaban J connectivity index is 1.92. The highest BCUT2D eigenvalue weighted by atomic mass is 16.5. The van der Waals surface area contributed by atoms with E-state index in [9.17, 15) is 9.59 Å². The molecule has 1 fully saturated rings. The SMILES string of the molecule is Cc1ccc(C2=C(N3CC(C)OC(C)C3)C(=O)c3ccccc3C2=O)cc1. The highest BCUT2D eigenvalue weighted by Crippen LogP contribution is 2.35. The maximum Gasteiger partial charge on any atom is 0.210 e. The minimum absolute atomic E-state index is 0.000546. The summed E-state index contributed by atoms with van der Waals surface area (Å²) in [6.45, 7) is 7.19. The number of allylic oxidation sites excluding steroid dienone is 2. The summed E-state index contributed by atoms with van der Waals surface area (Å²) >= 11 is 0. The van der Waals surface area contributed by atoms with Gasteiger partial charge in [0.2, 0.25) is 5.78 Å². The zero-order valence-corrected chi connectivity index (χ0v) is 15.9. The summed E-state index contributed by atoms with van der Waals surface area (Å²) in [4.78, 5) is 28.9. The number of hydrogen-bond donors (Lipinski definition) is 0. The van der Waals surface area contributed by atoms with Crippen LogP contribution in [0, 0.1) is 6.92 Å². The van der Waals surface area contributed by atoms with Crippen LogP contribution in [0.5, 0.6) is 0 Å². The van der Waals surface area contributed by atoms with Gasteiger partial charge in [-0.2, -0.15) is 0 Å². The summed E-state index contributed by atoms with van der Waals surface area (Å²) < 4.78 is 5.83. The molecular weight excluding hydrogens is 338 g/mol. The van der Waals surface area contributed by atoms with Crippen molar-refractivity contribution in [3.05, 3.63) is 76.5 Å². The minimum Gasteiger partial charge on any atom is -0.372 e. The Morgan fingerprint density at radius 3 is 2.00 bits per heavy atom. The normalized spacial score (nSPS) is 22.9. The van der Waals surface area contributed by atoms with Crippen LogP contribution in [0.4, 0.5) is 0 Å². The third-order valence-corrected chi connectivity index (χ3v) is 5.17. The number of fused-ring (bicyclic) bond motifs is 1. The second-order valence-electron chi connectivity index (χ2n) is 7.46. The number of Topliss-reactive ketones (excluding diaryl/α,β-unsaturated/α-hetero) is 2. The molecule has 4 heteroatoms. The standard InChI is InChI=1S/C23H23NO3/c1-14-8-10-17(11-9-14)20-21(24-12-15(2)27-16(3)13-24)23(26)19-7-5-4-6-18(19)22(20)25/h4-11,15-16H,12-13H2,1-3H3. The largest absolute Gasteiger partial charge is 0.372 e. The van der Waals surface area contributed by atoms with Crippen molar-refractivity contribution in [3.8, 4) is 0 Å². The first-order chi connectivity index (χ1) is 13.0. The Morgan fingerprint density at radius 1 is 0.852 bits per heavy atom. The first-order valence-corrected chi connectivity index (χ1v) is 9.36. The molecule has 1 aliphatic heterocycles. The van der Waals surface area contributed by atoms with Crippen LogP contribution in [0.2, 0.25) is 0 Å². The van der Waals surface area contributed by atoms with Crippen LogP contribution in [0.15, 0.2) is 54.2 Å². The van der Waals surface area contributed by atoms with Crippen LogP contribution in [0.25, 0.3) is 5.57 Å². The molecule has 1 heterocycles. The molecule has 0 saturated carbocycles. The molecule has 1 aliphatic carbocycles. The molecule has 2 aliphatic rings. The molecule has 4 rings (SSSR count). The average Bonchev–Trinajstić information content (AvgIpc) is 2.64. The maximum atomic E-state index is 13.4. The van der Waals surface area contributed by atoms with Gasteiger partial charge >= 0.3 is 0 Å². The molecule has 2 aromatic carbocycles. The molecule has 4 nitrogen and oxygen atoms in total. The van der Waals surface area contributed by atoms with E-state index in [4.69, 9.17) is 4.74 Å². The number of hydrogen-bond acceptors (Lipinski definition) is 4. The lowest BCUT2D eigenvalue weighted by molar-refractivity contribution is -0.0569. The van der Waals surface area contributed by atoms with Crippen molar-refractivity contribution in [2.75, 3.05) is 13.1 Å². The zero-order valence-electron chi connectivity index (χ0n) is 15.9. The summed E-state index contributed by atoms with van der Waals surface area (Å²) in [5.74, 6) is -0.169. The van der Waals surface area contributed by atoms with E-state index >= 15 is 0 Å². The number of nitrogens with zero attached hydrogens (tertiary/aromatic N) is 1. The van der Waals surface area contributed by atoms with Gasteiger partial charge < -0.3 is 9.64 Å². The topological polar surface area (TPSA) is 46.6 Å². The molecule has 0 aromatic heterocycles. The predicted octanol–water partition coefficient (Wildman–Crippen LogP) is 3.89. The lowest BCUT2D eigenvalue weighted by atomic mass is 9.83. The molecule has 0 spiro atoms. The fourth-order valence-electron chi connectivity index (χ4n) is 4.01. The van der Waals surface area contributed by atoms with Crippen molar-refractivity contribution in [1.29, 1.82) is 0 Å². The van der Waals surface area contributed by atoms with Crippen LogP contribution in [-0.2, 0) is 4.74 Å². The van der Waals surface area contributed by atoms with Crippen molar-refractivity contribution in [3.63, 3.8) is 0 Å². The fourth-order valence-corrected chi connectivity index (χ4v) is 4.01. The third-order valence-electron chi connectivity index (χ3n) is 5.17. The number of carbonyl (C=O) groups excluding carboxylic acids is 2. The van der Waals surface area contributed by atoms with Gasteiger partial charge in [0, 0.05) is 24.2 Å². The lowest BCUT2D eigenvalue weighted by Crippen LogP contribution is -2.47. The van der Waals surface area contributed by atoms with Crippen molar-refractivity contribution in [1.82, 2.24) is 4.90 Å². The molecule has 0 amide bonds. The monoisotopic (exact) mass is 361 g/mol. The fraction of sp³-hybridized carbons (Fsp3) is 0.304. The van der Waals surface area contributed by atoms with Gasteiger partial charge in [-0.3, -0.25) is 9.59 Å². The zero-order chi connectivity index (χ0) is 19.1. The van der Waals surface area contributed by atoms with Crippen molar-refractivity contribution >= 4 is 17.1 Å². The smallest absolute Gasteiger partial charge is 0.210 e. The van der Waals surface area contributed by atoms with Gasteiger partial charge in [0.25, 0.3) is 0 Å². The van der Waals surface area contributed by atoms with E-state index in [2.05, 4.69) is 0 Å². The van der Waals surface area contributed by atoms with E-state index in [-0.39, 0.29) is 23.8 Å². The van der Waals surface area contributed by atoms with Gasteiger partial charge in [-0.15, -0.1) is 0 Å². The van der Waals surface area contributed by atoms with E-state index in [1.165, 1.54) is 0 Å². The molecule has 27 heavy (non-hydrogen) atoms. The Hall–Kier alpha value is -2.72. The van der Waals surface area contributed by atoms with E-state index in [0.717, 1.165) is 11.1 Å². The van der Waals surface area contributed by atoms with Crippen LogP contribution in [0.1, 0.15) is 45.7 Å². The number of ether oxygens (including phenoxy) is 1. The van der Waals surface area contributed by atoms with E-state index in [0.29, 0.717) is 35.5 Å². The summed E-state index contributed by atoms with van der Waals surface area (Å²) in [7, 11) is 0. The number of ketones is 2. The van der Waals surface area contributed by atoms with Gasteiger partial charge in [-0.05, 0) is 26.3 Å². The molecule has 0 N–H and O–H groups in total. The molecule has 2 aromatic rings. The van der Waals surface area contributed by atoms with Crippen LogP contribution in [-0.4, -0.2) is 41.8 Å². The van der Waals surface area contributed by atoms with Crippen LogP contribution >= 0.6 is 0 Å². The Morgan fingerprint density at radius 2 is 1.41 bits per heavy atom. The van der Waals surface area contributed by atoms with Crippen molar-refractivity contribution < 1.29 is 14.3 Å². The molecule has 2 atom stereocenters. The minimum atomic E-state index is -0.0872.